The molecule has 1 unspecified atom stereocenters. The van der Waals surface area contributed by atoms with Crippen LogP contribution in [0.25, 0.3) is 22.4 Å². The first-order valence-electron chi connectivity index (χ1n) is 15.1. The molecule has 0 radical (unpaired) electrons. The van der Waals surface area contributed by atoms with Crippen molar-refractivity contribution in [2.45, 2.75) is 78.2 Å². The van der Waals surface area contributed by atoms with Crippen molar-refractivity contribution in [1.82, 2.24) is 24.8 Å². The molecular formula is C32H38F3N7O3. The van der Waals surface area contributed by atoms with E-state index in [-0.39, 0.29) is 53.2 Å². The van der Waals surface area contributed by atoms with Crippen molar-refractivity contribution in [3.63, 3.8) is 0 Å². The lowest BCUT2D eigenvalue weighted by atomic mass is 10.0. The van der Waals surface area contributed by atoms with Crippen LogP contribution in [0, 0.1) is 12.8 Å². The van der Waals surface area contributed by atoms with Gasteiger partial charge in [-0.1, -0.05) is 13.8 Å². The summed E-state index contributed by atoms with van der Waals surface area (Å²) in [6.07, 6.45) is 1.61. The van der Waals surface area contributed by atoms with Gasteiger partial charge in [0.25, 0.3) is 5.91 Å². The quantitative estimate of drug-likeness (QED) is 0.206. The summed E-state index contributed by atoms with van der Waals surface area (Å²) < 4.78 is 53.0. The van der Waals surface area contributed by atoms with Gasteiger partial charge in [0.15, 0.2) is 11.5 Å². The predicted octanol–water partition coefficient (Wildman–Crippen LogP) is 6.39. The number of halogens is 3. The van der Waals surface area contributed by atoms with Crippen molar-refractivity contribution in [2.24, 2.45) is 11.7 Å². The lowest BCUT2D eigenvalue weighted by Crippen LogP contribution is -2.43. The van der Waals surface area contributed by atoms with Crippen LogP contribution >= 0.6 is 0 Å². The molecule has 1 saturated heterocycles. The van der Waals surface area contributed by atoms with E-state index in [1.807, 2.05) is 13.8 Å². The van der Waals surface area contributed by atoms with Crippen molar-refractivity contribution in [2.75, 3.05) is 18.4 Å². The highest BCUT2D eigenvalue weighted by Crippen LogP contribution is 2.38. The SMILES string of the molecule is Cc1cnc(NC2CCN(C(=O)c3nc(-c4ccc(OC(C)CCC(C)C)c5nc(C(F)(F)F)ccc45)oc3CN)CC2)nc1. The Balaban J connectivity index is 1.40. The minimum atomic E-state index is -4.64. The second kappa shape index (κ2) is 13.4. The molecule has 1 fully saturated rings. The molecule has 45 heavy (non-hydrogen) atoms. The van der Waals surface area contributed by atoms with Crippen LogP contribution in [0.3, 0.4) is 0 Å². The fourth-order valence-corrected chi connectivity index (χ4v) is 5.27. The van der Waals surface area contributed by atoms with Crippen molar-refractivity contribution >= 4 is 22.8 Å². The monoisotopic (exact) mass is 625 g/mol. The first-order valence-corrected chi connectivity index (χ1v) is 15.1. The van der Waals surface area contributed by atoms with Gasteiger partial charge in [0, 0.05) is 42.5 Å². The molecule has 13 heteroatoms. The Labute approximate surface area is 259 Å². The van der Waals surface area contributed by atoms with E-state index >= 15 is 0 Å². The maximum atomic E-state index is 13.7. The molecule has 1 aliphatic heterocycles. The zero-order valence-corrected chi connectivity index (χ0v) is 25.8. The van der Waals surface area contributed by atoms with Crippen LogP contribution in [0.1, 0.15) is 74.0 Å². The first-order chi connectivity index (χ1) is 21.4. The number of nitrogens with zero attached hydrogens (tertiary/aromatic N) is 5. The number of carbonyl (C=O) groups is 1. The van der Waals surface area contributed by atoms with Crippen LogP contribution in [-0.4, -0.2) is 56.0 Å². The number of fused-ring (bicyclic) bond motifs is 1. The number of pyridine rings is 1. The first kappa shape index (κ1) is 32.1. The number of amides is 1. The van der Waals surface area contributed by atoms with Crippen LogP contribution in [0.4, 0.5) is 19.1 Å². The van der Waals surface area contributed by atoms with Crippen molar-refractivity contribution in [1.29, 1.82) is 0 Å². The molecular weight excluding hydrogens is 587 g/mol. The largest absolute Gasteiger partial charge is 0.488 e. The third-order valence-corrected chi connectivity index (χ3v) is 7.80. The number of carbonyl (C=O) groups excluding carboxylic acids is 1. The summed E-state index contributed by atoms with van der Waals surface area (Å²) in [4.78, 5) is 32.3. The Kier molecular flexibility index (Phi) is 9.56. The third-order valence-electron chi connectivity index (χ3n) is 7.80. The Hall–Kier alpha value is -4.26. The summed E-state index contributed by atoms with van der Waals surface area (Å²) in [5.41, 5.74) is 6.37. The fourth-order valence-electron chi connectivity index (χ4n) is 5.27. The Bertz CT molecular complexity index is 1630. The number of hydrogen-bond acceptors (Lipinski definition) is 9. The number of benzene rings is 1. The van der Waals surface area contributed by atoms with Gasteiger partial charge in [-0.25, -0.2) is 19.9 Å². The highest BCUT2D eigenvalue weighted by atomic mass is 19.4. The molecule has 4 heterocycles. The minimum absolute atomic E-state index is 0.0335. The maximum absolute atomic E-state index is 13.7. The average Bonchev–Trinajstić information content (AvgIpc) is 3.45. The summed E-state index contributed by atoms with van der Waals surface area (Å²) in [7, 11) is 0. The number of nitrogens with one attached hydrogen (secondary N) is 1. The van der Waals surface area contributed by atoms with Gasteiger partial charge in [0.05, 0.1) is 12.6 Å². The van der Waals surface area contributed by atoms with Gasteiger partial charge in [0.2, 0.25) is 11.8 Å². The van der Waals surface area contributed by atoms with E-state index < -0.39 is 11.9 Å². The highest BCUT2D eigenvalue weighted by molar-refractivity contribution is 5.98. The average molecular weight is 626 g/mol. The molecule has 5 rings (SSSR count). The van der Waals surface area contributed by atoms with Crippen LogP contribution in [0.15, 0.2) is 41.1 Å². The van der Waals surface area contributed by atoms with E-state index in [0.29, 0.717) is 48.7 Å². The van der Waals surface area contributed by atoms with Crippen LogP contribution in [0.5, 0.6) is 5.75 Å². The van der Waals surface area contributed by atoms with Gasteiger partial charge in [-0.05, 0) is 75.3 Å². The molecule has 1 aromatic carbocycles. The van der Waals surface area contributed by atoms with Gasteiger partial charge in [0.1, 0.15) is 17.0 Å². The number of anilines is 1. The molecule has 240 valence electrons. The fraction of sp³-hybridized carbons (Fsp3) is 0.469. The van der Waals surface area contributed by atoms with E-state index in [1.54, 1.807) is 29.4 Å². The van der Waals surface area contributed by atoms with Crippen LogP contribution < -0.4 is 15.8 Å². The molecule has 1 aliphatic rings. The lowest BCUT2D eigenvalue weighted by Gasteiger charge is -2.32. The Morgan fingerprint density at radius 1 is 1.09 bits per heavy atom. The Morgan fingerprint density at radius 3 is 2.44 bits per heavy atom. The topological polar surface area (TPSA) is 132 Å². The number of rotatable bonds is 10. The number of alkyl halides is 3. The molecule has 0 aliphatic carbocycles. The van der Waals surface area contributed by atoms with Crippen molar-refractivity contribution in [3.05, 3.63) is 59.4 Å². The van der Waals surface area contributed by atoms with E-state index in [1.165, 1.54) is 6.07 Å². The van der Waals surface area contributed by atoms with Gasteiger partial charge in [-0.3, -0.25) is 4.79 Å². The molecule has 0 saturated carbocycles. The normalized spacial score (nSPS) is 15.1. The third kappa shape index (κ3) is 7.52. The molecule has 10 nitrogen and oxygen atoms in total. The molecule has 1 atom stereocenters. The second-order valence-corrected chi connectivity index (χ2v) is 11.9. The highest BCUT2D eigenvalue weighted by Gasteiger charge is 2.34. The zero-order chi connectivity index (χ0) is 32.3. The number of piperidine rings is 1. The summed E-state index contributed by atoms with van der Waals surface area (Å²) in [5, 5.41) is 3.67. The van der Waals surface area contributed by atoms with Crippen LogP contribution in [-0.2, 0) is 12.7 Å². The maximum Gasteiger partial charge on any atom is 0.433 e. The summed E-state index contributed by atoms with van der Waals surface area (Å²) in [5.74, 6) is 1.17. The molecule has 0 spiro atoms. The number of aromatic nitrogens is 4. The number of likely N-dealkylation sites (tertiary alicyclic amines) is 1. The van der Waals surface area contributed by atoms with E-state index in [2.05, 4.69) is 39.1 Å². The molecule has 1 amide bonds. The minimum Gasteiger partial charge on any atom is -0.488 e. The number of aryl methyl sites for hydroxylation is 1. The molecule has 4 aromatic rings. The smallest absolute Gasteiger partial charge is 0.433 e. The van der Waals surface area contributed by atoms with Gasteiger partial charge in [-0.15, -0.1) is 0 Å². The lowest BCUT2D eigenvalue weighted by molar-refractivity contribution is -0.140. The molecule has 3 N–H and O–H groups in total. The summed E-state index contributed by atoms with van der Waals surface area (Å²) >= 11 is 0. The Morgan fingerprint density at radius 2 is 1.80 bits per heavy atom. The predicted molar refractivity (Wildman–Crippen MR) is 164 cm³/mol. The van der Waals surface area contributed by atoms with Crippen LogP contribution in [0.2, 0.25) is 0 Å². The number of hydrogen-bond donors (Lipinski definition) is 2. The van der Waals surface area contributed by atoms with E-state index in [9.17, 15) is 18.0 Å². The molecule has 3 aromatic heterocycles. The number of oxazole rings is 1. The van der Waals surface area contributed by atoms with E-state index in [0.717, 1.165) is 24.5 Å². The van der Waals surface area contributed by atoms with E-state index in [4.69, 9.17) is 14.9 Å². The van der Waals surface area contributed by atoms with Gasteiger partial charge < -0.3 is 25.1 Å². The zero-order valence-electron chi connectivity index (χ0n) is 25.8. The number of nitrogens with two attached hydrogens (primary N) is 1. The number of ether oxygens (including phenoxy) is 1. The van der Waals surface area contributed by atoms with Crippen molar-refractivity contribution < 1.29 is 27.1 Å². The summed E-state index contributed by atoms with van der Waals surface area (Å²) in [6, 6.07) is 5.58. The van der Waals surface area contributed by atoms with Gasteiger partial charge >= 0.3 is 6.18 Å². The second-order valence-electron chi connectivity index (χ2n) is 11.9. The van der Waals surface area contributed by atoms with Crippen molar-refractivity contribution in [3.8, 4) is 17.2 Å². The molecule has 0 bridgehead atoms. The van der Waals surface area contributed by atoms with Gasteiger partial charge in [-0.2, -0.15) is 13.2 Å². The standard InChI is InChI=1S/C32H38F3N7O3/c1-18(2)5-6-20(4)44-24-9-7-23(22-8-10-26(32(33,34)35)40-27(22)24)29-41-28(25(15-36)45-29)30(43)42-13-11-21(12-14-42)39-31-37-16-19(3)17-38-31/h7-10,16-18,20-21H,5-6,11-15,36H2,1-4H3,(H,37,38,39). The summed E-state index contributed by atoms with van der Waals surface area (Å²) in [6.45, 7) is 8.86.